The number of carbonyl (C=O) groups is 2. The number of ether oxygens (including phenoxy) is 3. The third-order valence-corrected chi connectivity index (χ3v) is 8.42. The monoisotopic (exact) mass is 492 g/mol. The van der Waals surface area contributed by atoms with E-state index in [1.807, 2.05) is 13.8 Å². The number of aliphatic hydroxyl groups is 2. The first-order valence-corrected chi connectivity index (χ1v) is 13.3. The molecule has 2 N–H and O–H groups in total. The fraction of sp³-hybridized carbons (Fsp3) is 0.786. The number of hydrogen-bond acceptors (Lipinski definition) is 7. The van der Waals surface area contributed by atoms with Gasteiger partial charge < -0.3 is 24.4 Å². The van der Waals surface area contributed by atoms with Crippen LogP contribution in [0.4, 0.5) is 0 Å². The Kier molecular flexibility index (Phi) is 9.22. The maximum Gasteiger partial charge on any atom is 0.348 e. The van der Waals surface area contributed by atoms with Crippen molar-refractivity contribution in [2.45, 2.75) is 109 Å². The lowest BCUT2D eigenvalue weighted by Crippen LogP contribution is -2.52. The normalized spacial score (nSPS) is 36.9. The lowest BCUT2D eigenvalue weighted by Gasteiger charge is -2.45. The highest BCUT2D eigenvalue weighted by atomic mass is 16.6. The van der Waals surface area contributed by atoms with Gasteiger partial charge in [0, 0.05) is 24.9 Å². The van der Waals surface area contributed by atoms with Gasteiger partial charge in [0.1, 0.15) is 11.7 Å². The molecule has 2 aliphatic heterocycles. The topological polar surface area (TPSA) is 102 Å². The van der Waals surface area contributed by atoms with E-state index in [1.165, 1.54) is 0 Å². The summed E-state index contributed by atoms with van der Waals surface area (Å²) in [7, 11) is 0. The van der Waals surface area contributed by atoms with Gasteiger partial charge in [-0.25, -0.2) is 4.79 Å². The maximum absolute atomic E-state index is 13.3. The molecule has 7 nitrogen and oxygen atoms in total. The second-order valence-electron chi connectivity index (χ2n) is 11.0. The summed E-state index contributed by atoms with van der Waals surface area (Å²) in [6, 6.07) is 0. The zero-order valence-electron chi connectivity index (χ0n) is 21.8. The maximum atomic E-state index is 13.3. The van der Waals surface area contributed by atoms with E-state index in [0.29, 0.717) is 32.1 Å². The zero-order chi connectivity index (χ0) is 25.9. The van der Waals surface area contributed by atoms with E-state index in [1.54, 1.807) is 6.92 Å². The summed E-state index contributed by atoms with van der Waals surface area (Å²) in [5.41, 5.74) is 0.783. The fourth-order valence-electron chi connectivity index (χ4n) is 6.35. The highest BCUT2D eigenvalue weighted by molar-refractivity contribution is 5.79. The van der Waals surface area contributed by atoms with Crippen molar-refractivity contribution in [2.75, 3.05) is 6.61 Å². The Labute approximate surface area is 209 Å². The minimum atomic E-state index is -1.05. The quantitative estimate of drug-likeness (QED) is 0.388. The highest BCUT2D eigenvalue weighted by Gasteiger charge is 2.59. The molecule has 0 aromatic heterocycles. The van der Waals surface area contributed by atoms with E-state index < -0.39 is 35.9 Å². The first-order chi connectivity index (χ1) is 16.6. The third-order valence-electron chi connectivity index (χ3n) is 8.42. The van der Waals surface area contributed by atoms with E-state index in [9.17, 15) is 19.8 Å². The van der Waals surface area contributed by atoms with Gasteiger partial charge in [-0.3, -0.25) is 4.79 Å². The van der Waals surface area contributed by atoms with Crippen LogP contribution >= 0.6 is 0 Å². The van der Waals surface area contributed by atoms with E-state index in [2.05, 4.69) is 20.1 Å². The van der Waals surface area contributed by atoms with Gasteiger partial charge in [-0.2, -0.15) is 0 Å². The molecule has 35 heavy (non-hydrogen) atoms. The Morgan fingerprint density at radius 2 is 1.94 bits per heavy atom. The van der Waals surface area contributed by atoms with E-state index in [0.717, 1.165) is 24.0 Å². The third kappa shape index (κ3) is 5.83. The van der Waals surface area contributed by atoms with Crippen molar-refractivity contribution in [3.05, 3.63) is 24.3 Å². The molecule has 0 spiro atoms. The zero-order valence-corrected chi connectivity index (χ0v) is 21.8. The number of esters is 2. The van der Waals surface area contributed by atoms with E-state index in [-0.39, 0.29) is 42.8 Å². The van der Waals surface area contributed by atoms with Crippen molar-refractivity contribution in [2.24, 2.45) is 23.7 Å². The van der Waals surface area contributed by atoms with Crippen LogP contribution in [0.25, 0.3) is 0 Å². The summed E-state index contributed by atoms with van der Waals surface area (Å²) in [6.45, 7) is 16.2. The molecule has 0 aromatic carbocycles. The Hall–Kier alpha value is -1.70. The minimum Gasteiger partial charge on any atom is -0.454 e. The summed E-state index contributed by atoms with van der Waals surface area (Å²) in [6.07, 6.45) is 1.89. The molecular weight excluding hydrogens is 448 g/mol. The van der Waals surface area contributed by atoms with Gasteiger partial charge in [-0.05, 0) is 69.3 Å². The van der Waals surface area contributed by atoms with Crippen LogP contribution in [0.1, 0.15) is 79.1 Å². The Morgan fingerprint density at radius 1 is 1.23 bits per heavy atom. The molecule has 1 unspecified atom stereocenters. The van der Waals surface area contributed by atoms with Crippen LogP contribution < -0.4 is 0 Å². The molecule has 2 saturated heterocycles. The largest absolute Gasteiger partial charge is 0.454 e. The molecule has 3 rings (SSSR count). The number of carbonyl (C=O) groups excluding carboxylic acids is 2. The molecule has 198 valence electrons. The number of rotatable bonds is 8. The van der Waals surface area contributed by atoms with Crippen molar-refractivity contribution in [1.29, 1.82) is 0 Å². The van der Waals surface area contributed by atoms with Crippen LogP contribution in [-0.2, 0) is 23.8 Å². The average molecular weight is 493 g/mol. The van der Waals surface area contributed by atoms with Crippen LogP contribution in [0.5, 0.6) is 0 Å². The molecule has 2 bridgehead atoms. The minimum absolute atomic E-state index is 0.0203. The number of aliphatic hydroxyl groups excluding tert-OH is 2. The Bertz CT molecular complexity index is 807. The average Bonchev–Trinajstić information content (AvgIpc) is 3.22. The molecule has 0 radical (unpaired) electrons. The van der Waals surface area contributed by atoms with Crippen molar-refractivity contribution >= 4 is 11.9 Å². The molecule has 1 saturated carbocycles. The second kappa shape index (κ2) is 11.6. The first-order valence-electron chi connectivity index (χ1n) is 13.3. The van der Waals surface area contributed by atoms with Crippen molar-refractivity contribution in [3.63, 3.8) is 0 Å². The van der Waals surface area contributed by atoms with Gasteiger partial charge in [0.2, 0.25) is 0 Å². The standard InChI is InChI=1S/C28H44O7/c1-7-9-23(31)33-21(8-2)27(32)35-28(6)13-12-20(30)17(4)14-22-24-16(3)10-11-19(18(5)15-29)25(24)26(28)34-22/h18-22,24-26,29-30H,3-4,7-15H2,1-2,5-6H3/t18-,19+,20-,21?,22+,24+,25+,26+,28+/m0/s1. The van der Waals surface area contributed by atoms with Crippen LogP contribution in [0.15, 0.2) is 24.3 Å². The van der Waals surface area contributed by atoms with Gasteiger partial charge in [0.05, 0.1) is 12.2 Å². The van der Waals surface area contributed by atoms with Crippen molar-refractivity contribution < 1.29 is 34.0 Å². The van der Waals surface area contributed by atoms with Gasteiger partial charge in [-0.15, -0.1) is 0 Å². The summed E-state index contributed by atoms with van der Waals surface area (Å²) in [4.78, 5) is 25.4. The van der Waals surface area contributed by atoms with Crippen LogP contribution in [0.2, 0.25) is 0 Å². The Morgan fingerprint density at radius 3 is 2.57 bits per heavy atom. The number of hydrogen-bond donors (Lipinski definition) is 2. The van der Waals surface area contributed by atoms with Crippen LogP contribution in [0, 0.1) is 23.7 Å². The summed E-state index contributed by atoms with van der Waals surface area (Å²) < 4.78 is 18.3. The molecule has 0 aromatic rings. The summed E-state index contributed by atoms with van der Waals surface area (Å²) in [5.74, 6) is -0.692. The van der Waals surface area contributed by atoms with Gasteiger partial charge >= 0.3 is 11.9 Å². The summed E-state index contributed by atoms with van der Waals surface area (Å²) in [5, 5.41) is 20.8. The molecule has 7 heteroatoms. The lowest BCUT2D eigenvalue weighted by atomic mass is 9.61. The number of fused-ring (bicyclic) bond motifs is 5. The van der Waals surface area contributed by atoms with Gasteiger partial charge in [-0.1, -0.05) is 39.5 Å². The molecule has 3 aliphatic rings. The highest BCUT2D eigenvalue weighted by Crippen LogP contribution is 2.55. The summed E-state index contributed by atoms with van der Waals surface area (Å²) >= 11 is 0. The van der Waals surface area contributed by atoms with E-state index >= 15 is 0 Å². The van der Waals surface area contributed by atoms with Crippen molar-refractivity contribution in [1.82, 2.24) is 0 Å². The lowest BCUT2D eigenvalue weighted by molar-refractivity contribution is -0.195. The predicted octanol–water partition coefficient (Wildman–Crippen LogP) is 4.11. The van der Waals surface area contributed by atoms with Crippen LogP contribution in [-0.4, -0.2) is 58.8 Å². The molecular formula is C28H44O7. The predicted molar refractivity (Wildman–Crippen MR) is 132 cm³/mol. The molecule has 1 aliphatic carbocycles. The molecule has 2 heterocycles. The first kappa shape index (κ1) is 27.9. The smallest absolute Gasteiger partial charge is 0.348 e. The SMILES string of the molecule is C=C1CC[C@H]([C@@H](C)CO)[C@@H]2[C@H]1[C@H]1CC(=C)[C@@H](O)CC[C@@](C)(OC(=O)C(CC)OC(=O)CCC)[C@@H]2O1. The van der Waals surface area contributed by atoms with Gasteiger partial charge in [0.25, 0.3) is 0 Å². The molecule has 9 atom stereocenters. The fourth-order valence-corrected chi connectivity index (χ4v) is 6.35. The second-order valence-corrected chi connectivity index (χ2v) is 11.0. The molecule has 3 fully saturated rings. The molecule has 0 amide bonds. The van der Waals surface area contributed by atoms with Crippen molar-refractivity contribution in [3.8, 4) is 0 Å². The Balaban J connectivity index is 1.96. The van der Waals surface area contributed by atoms with Gasteiger partial charge in [0.15, 0.2) is 6.10 Å². The van der Waals surface area contributed by atoms with E-state index in [4.69, 9.17) is 14.2 Å². The van der Waals surface area contributed by atoms with Crippen LogP contribution in [0.3, 0.4) is 0 Å².